The Morgan fingerprint density at radius 3 is 2.62 bits per heavy atom. The van der Waals surface area contributed by atoms with Crippen molar-refractivity contribution >= 4 is 0 Å². The minimum atomic E-state index is -0.522. The smallest absolute Gasteiger partial charge is 0.0967 e. The van der Waals surface area contributed by atoms with Gasteiger partial charge < -0.3 is 5.11 Å². The molecule has 0 aromatic rings. The molecule has 1 radical (unpaired) electrons. The normalized spacial score (nSPS) is 46.5. The Balaban J connectivity index is 1.53. The van der Waals surface area contributed by atoms with Crippen LogP contribution in [0.15, 0.2) is 11.6 Å². The van der Waals surface area contributed by atoms with E-state index >= 15 is 0 Å². The van der Waals surface area contributed by atoms with Gasteiger partial charge in [-0.25, -0.2) is 5.11 Å². The first-order valence-corrected chi connectivity index (χ1v) is 12.7. The Labute approximate surface area is 179 Å². The van der Waals surface area contributed by atoms with E-state index in [1.807, 2.05) is 0 Å². The lowest BCUT2D eigenvalue weighted by Crippen LogP contribution is -2.53. The van der Waals surface area contributed by atoms with Crippen LogP contribution in [0.5, 0.6) is 0 Å². The third-order valence-corrected chi connectivity index (χ3v) is 10.3. The lowest BCUT2D eigenvalue weighted by Gasteiger charge is -2.58. The van der Waals surface area contributed by atoms with E-state index in [4.69, 9.17) is 0 Å². The minimum Gasteiger partial charge on any atom is -0.390 e. The van der Waals surface area contributed by atoms with Gasteiger partial charge in [-0.15, -0.1) is 0 Å². The SMILES string of the molecule is CC(C)CCC[C@](C)(O)[C@H]1CC[C@H]2[C@@H]3CC=C4C[C@@H]([O])CC[C@]4(C)[C@H]3CC[C@@]21C. The van der Waals surface area contributed by atoms with Gasteiger partial charge in [0.25, 0.3) is 0 Å². The van der Waals surface area contributed by atoms with Gasteiger partial charge in [-0.3, -0.25) is 0 Å². The average Bonchev–Trinajstić information content (AvgIpc) is 3.00. The zero-order chi connectivity index (χ0) is 21.0. The van der Waals surface area contributed by atoms with E-state index in [0.717, 1.165) is 55.8 Å². The number of fused-ring (bicyclic) bond motifs is 5. The highest BCUT2D eigenvalue weighted by Crippen LogP contribution is 2.67. The zero-order valence-corrected chi connectivity index (χ0v) is 19.7. The molecule has 0 amide bonds. The molecule has 3 fully saturated rings. The summed E-state index contributed by atoms with van der Waals surface area (Å²) in [5.74, 6) is 3.45. The highest BCUT2D eigenvalue weighted by molar-refractivity contribution is 5.25. The molecular formula is C27H45O2. The molecule has 29 heavy (non-hydrogen) atoms. The number of aliphatic hydroxyl groups is 1. The molecule has 0 aliphatic heterocycles. The van der Waals surface area contributed by atoms with Crippen LogP contribution in [0.2, 0.25) is 0 Å². The second kappa shape index (κ2) is 7.66. The molecule has 2 nitrogen and oxygen atoms in total. The van der Waals surface area contributed by atoms with Gasteiger partial charge in [0.05, 0.1) is 11.7 Å². The van der Waals surface area contributed by atoms with Gasteiger partial charge in [0.2, 0.25) is 0 Å². The molecule has 0 aromatic carbocycles. The van der Waals surface area contributed by atoms with E-state index in [1.54, 1.807) is 0 Å². The summed E-state index contributed by atoms with van der Waals surface area (Å²) in [4.78, 5) is 0. The predicted octanol–water partition coefficient (Wildman–Crippen LogP) is 6.94. The Kier molecular flexibility index (Phi) is 5.78. The topological polar surface area (TPSA) is 40.1 Å². The molecular weight excluding hydrogens is 356 g/mol. The van der Waals surface area contributed by atoms with Crippen molar-refractivity contribution in [3.8, 4) is 0 Å². The summed E-state index contributed by atoms with van der Waals surface area (Å²) < 4.78 is 0. The summed E-state index contributed by atoms with van der Waals surface area (Å²) in [7, 11) is 0. The van der Waals surface area contributed by atoms with E-state index in [0.29, 0.717) is 11.3 Å². The van der Waals surface area contributed by atoms with Crippen molar-refractivity contribution in [2.75, 3.05) is 0 Å². The fourth-order valence-electron chi connectivity index (χ4n) is 8.69. The van der Waals surface area contributed by atoms with Crippen molar-refractivity contribution in [2.45, 2.75) is 117 Å². The second-order valence-corrected chi connectivity index (χ2v) is 12.4. The van der Waals surface area contributed by atoms with Crippen molar-refractivity contribution in [3.63, 3.8) is 0 Å². The van der Waals surface area contributed by atoms with Gasteiger partial charge in [-0.1, -0.05) is 52.2 Å². The molecule has 0 aromatic heterocycles. The van der Waals surface area contributed by atoms with Crippen molar-refractivity contribution in [1.82, 2.24) is 0 Å². The standard InChI is InChI=1S/C27H45O2/c1-18(2)7-6-14-27(5,29)24-11-10-22-21-9-8-19-17-20(28)12-15-25(19,3)23(21)13-16-26(22,24)4/h8,18,20-24,29H,6-7,9-17H2,1-5H3/t20-,21-,22-,23-,24-,25-,26-,27-/m0/s1. The maximum absolute atomic E-state index is 12.2. The van der Waals surface area contributed by atoms with Crippen LogP contribution in [-0.2, 0) is 5.11 Å². The summed E-state index contributed by atoms with van der Waals surface area (Å²) in [5.41, 5.74) is 1.55. The van der Waals surface area contributed by atoms with Crippen molar-refractivity contribution in [3.05, 3.63) is 11.6 Å². The van der Waals surface area contributed by atoms with Crippen LogP contribution in [-0.4, -0.2) is 16.8 Å². The fourth-order valence-corrected chi connectivity index (χ4v) is 8.69. The number of hydrogen-bond donors (Lipinski definition) is 1. The van der Waals surface area contributed by atoms with Gasteiger partial charge in [-0.05, 0) is 105 Å². The fraction of sp³-hybridized carbons (Fsp3) is 0.926. The Morgan fingerprint density at radius 1 is 1.14 bits per heavy atom. The van der Waals surface area contributed by atoms with Gasteiger partial charge in [-0.2, -0.15) is 0 Å². The maximum Gasteiger partial charge on any atom is 0.0967 e. The molecule has 2 heteroatoms. The van der Waals surface area contributed by atoms with Crippen LogP contribution in [0.3, 0.4) is 0 Å². The molecule has 4 aliphatic rings. The van der Waals surface area contributed by atoms with Crippen molar-refractivity contribution in [2.24, 2.45) is 40.4 Å². The Bertz CT molecular complexity index is 634. The van der Waals surface area contributed by atoms with Crippen molar-refractivity contribution < 1.29 is 10.2 Å². The summed E-state index contributed by atoms with van der Waals surface area (Å²) in [5, 5.41) is 23.7. The number of hydrogen-bond acceptors (Lipinski definition) is 1. The first kappa shape index (κ1) is 21.9. The molecule has 165 valence electrons. The summed E-state index contributed by atoms with van der Waals surface area (Å²) >= 11 is 0. The predicted molar refractivity (Wildman–Crippen MR) is 119 cm³/mol. The van der Waals surface area contributed by atoms with E-state index in [1.165, 1.54) is 44.1 Å². The third-order valence-electron chi connectivity index (χ3n) is 10.3. The highest BCUT2D eigenvalue weighted by atomic mass is 16.3. The number of rotatable bonds is 5. The first-order valence-electron chi connectivity index (χ1n) is 12.7. The molecule has 0 spiro atoms. The molecule has 0 bridgehead atoms. The lowest BCUT2D eigenvalue weighted by molar-refractivity contribution is -0.106. The molecule has 0 unspecified atom stereocenters. The van der Waals surface area contributed by atoms with Crippen LogP contribution in [0.4, 0.5) is 0 Å². The summed E-state index contributed by atoms with van der Waals surface area (Å²) in [6.45, 7) is 11.7. The third kappa shape index (κ3) is 3.65. The molecule has 3 saturated carbocycles. The molecule has 0 heterocycles. The average molecular weight is 402 g/mol. The second-order valence-electron chi connectivity index (χ2n) is 12.4. The summed E-state index contributed by atoms with van der Waals surface area (Å²) in [6, 6.07) is 0. The molecule has 0 saturated heterocycles. The van der Waals surface area contributed by atoms with Gasteiger partial charge in [0.15, 0.2) is 0 Å². The first-order chi connectivity index (χ1) is 13.6. The van der Waals surface area contributed by atoms with Crippen LogP contribution in [0, 0.1) is 40.4 Å². The molecule has 1 N–H and O–H groups in total. The quantitative estimate of drug-likeness (QED) is 0.498. The van der Waals surface area contributed by atoms with E-state index in [9.17, 15) is 10.2 Å². The minimum absolute atomic E-state index is 0.281. The van der Waals surface area contributed by atoms with E-state index in [-0.39, 0.29) is 11.5 Å². The molecule has 4 aliphatic carbocycles. The van der Waals surface area contributed by atoms with Crippen LogP contribution >= 0.6 is 0 Å². The maximum atomic E-state index is 12.2. The molecule has 8 atom stereocenters. The van der Waals surface area contributed by atoms with Gasteiger partial charge in [0, 0.05) is 0 Å². The Hall–Kier alpha value is -0.340. The Morgan fingerprint density at radius 2 is 1.90 bits per heavy atom. The van der Waals surface area contributed by atoms with E-state index < -0.39 is 5.60 Å². The van der Waals surface area contributed by atoms with Crippen LogP contribution in [0.1, 0.15) is 105 Å². The largest absolute Gasteiger partial charge is 0.390 e. The van der Waals surface area contributed by atoms with Crippen LogP contribution < -0.4 is 0 Å². The lowest BCUT2D eigenvalue weighted by atomic mass is 9.46. The van der Waals surface area contributed by atoms with Gasteiger partial charge >= 0.3 is 0 Å². The van der Waals surface area contributed by atoms with Crippen LogP contribution in [0.25, 0.3) is 0 Å². The highest BCUT2D eigenvalue weighted by Gasteiger charge is 2.61. The number of allylic oxidation sites excluding steroid dienone is 1. The van der Waals surface area contributed by atoms with Crippen molar-refractivity contribution in [1.29, 1.82) is 0 Å². The van der Waals surface area contributed by atoms with E-state index in [2.05, 4.69) is 40.7 Å². The zero-order valence-electron chi connectivity index (χ0n) is 19.7. The molecule has 4 rings (SSSR count). The monoisotopic (exact) mass is 401 g/mol. The summed E-state index contributed by atoms with van der Waals surface area (Å²) in [6.07, 6.45) is 14.5. The van der Waals surface area contributed by atoms with Gasteiger partial charge in [0.1, 0.15) is 0 Å².